The van der Waals surface area contributed by atoms with Gasteiger partial charge in [-0.1, -0.05) is 6.92 Å². The smallest absolute Gasteiger partial charge is 0.186 e. The molecule has 2 fully saturated rings. The van der Waals surface area contributed by atoms with Gasteiger partial charge in [0, 0.05) is 29.9 Å². The quantitative estimate of drug-likeness (QED) is 0.908. The van der Waals surface area contributed by atoms with Gasteiger partial charge in [-0.2, -0.15) is 0 Å². The maximum atomic E-state index is 5.88. The highest BCUT2D eigenvalue weighted by Gasteiger charge is 2.31. The second-order valence-electron chi connectivity index (χ2n) is 5.53. The minimum Gasteiger partial charge on any atom is -0.345 e. The standard InChI is InChI=1S/C14H23N3S/c1-2-11-5-3-4-8-17(11)14-16-13(10-6-7-10)12(9-15)18-14/h10-11H,2-9,15H2,1H3. The molecule has 0 amide bonds. The Morgan fingerprint density at radius 3 is 2.83 bits per heavy atom. The highest BCUT2D eigenvalue weighted by molar-refractivity contribution is 7.15. The summed E-state index contributed by atoms with van der Waals surface area (Å²) in [6, 6.07) is 0.697. The number of hydrogen-bond acceptors (Lipinski definition) is 4. The van der Waals surface area contributed by atoms with Crippen LogP contribution in [0.15, 0.2) is 0 Å². The monoisotopic (exact) mass is 265 g/mol. The number of anilines is 1. The molecule has 1 unspecified atom stereocenters. The Morgan fingerprint density at radius 1 is 1.33 bits per heavy atom. The molecule has 3 nitrogen and oxygen atoms in total. The fraction of sp³-hybridized carbons (Fsp3) is 0.786. The lowest BCUT2D eigenvalue weighted by Crippen LogP contribution is -2.39. The van der Waals surface area contributed by atoms with Gasteiger partial charge in [-0.3, -0.25) is 0 Å². The van der Waals surface area contributed by atoms with E-state index in [1.165, 1.54) is 60.8 Å². The van der Waals surface area contributed by atoms with E-state index in [2.05, 4.69) is 11.8 Å². The Labute approximate surface area is 113 Å². The molecular formula is C14H23N3S. The summed E-state index contributed by atoms with van der Waals surface area (Å²) in [6.07, 6.45) is 7.87. The molecular weight excluding hydrogens is 242 g/mol. The summed E-state index contributed by atoms with van der Waals surface area (Å²) in [6.45, 7) is 4.14. The largest absolute Gasteiger partial charge is 0.345 e. The van der Waals surface area contributed by atoms with E-state index in [1.807, 2.05) is 11.3 Å². The van der Waals surface area contributed by atoms with Gasteiger partial charge < -0.3 is 10.6 Å². The number of aromatic nitrogens is 1. The minimum atomic E-state index is 0.661. The fourth-order valence-electron chi connectivity index (χ4n) is 2.97. The third kappa shape index (κ3) is 2.28. The van der Waals surface area contributed by atoms with Gasteiger partial charge in [0.25, 0.3) is 0 Å². The predicted octanol–water partition coefficient (Wildman–Crippen LogP) is 3.25. The summed E-state index contributed by atoms with van der Waals surface area (Å²) in [4.78, 5) is 8.80. The minimum absolute atomic E-state index is 0.661. The average molecular weight is 265 g/mol. The van der Waals surface area contributed by atoms with Crippen LogP contribution in [-0.2, 0) is 6.54 Å². The summed E-state index contributed by atoms with van der Waals surface area (Å²) in [5.41, 5.74) is 7.20. The van der Waals surface area contributed by atoms with Crippen LogP contribution in [0.1, 0.15) is 61.9 Å². The van der Waals surface area contributed by atoms with E-state index >= 15 is 0 Å². The molecule has 1 aromatic rings. The van der Waals surface area contributed by atoms with Crippen molar-refractivity contribution in [3.05, 3.63) is 10.6 Å². The molecule has 1 saturated carbocycles. The van der Waals surface area contributed by atoms with Crippen molar-refractivity contribution in [2.75, 3.05) is 11.4 Å². The van der Waals surface area contributed by atoms with E-state index in [4.69, 9.17) is 10.7 Å². The molecule has 2 aliphatic rings. The van der Waals surface area contributed by atoms with Crippen molar-refractivity contribution in [3.8, 4) is 0 Å². The van der Waals surface area contributed by atoms with E-state index in [0.717, 1.165) is 5.92 Å². The average Bonchev–Trinajstić information content (AvgIpc) is 3.18. The first-order chi connectivity index (χ1) is 8.83. The van der Waals surface area contributed by atoms with Crippen LogP contribution in [0.2, 0.25) is 0 Å². The number of rotatable bonds is 4. The Morgan fingerprint density at radius 2 is 2.17 bits per heavy atom. The zero-order valence-electron chi connectivity index (χ0n) is 11.2. The van der Waals surface area contributed by atoms with Crippen molar-refractivity contribution in [2.24, 2.45) is 5.73 Å². The number of hydrogen-bond donors (Lipinski definition) is 1. The Bertz CT molecular complexity index is 411. The third-order valence-corrected chi connectivity index (χ3v) is 5.34. The van der Waals surface area contributed by atoms with E-state index in [0.29, 0.717) is 12.6 Å². The molecule has 1 atom stereocenters. The Kier molecular flexibility index (Phi) is 3.57. The maximum Gasteiger partial charge on any atom is 0.186 e. The molecule has 0 bridgehead atoms. The molecule has 1 aromatic heterocycles. The van der Waals surface area contributed by atoms with Crippen LogP contribution >= 0.6 is 11.3 Å². The van der Waals surface area contributed by atoms with Gasteiger partial charge in [0.1, 0.15) is 0 Å². The van der Waals surface area contributed by atoms with Crippen LogP contribution in [0.5, 0.6) is 0 Å². The molecule has 2 N–H and O–H groups in total. The van der Waals surface area contributed by atoms with Crippen molar-refractivity contribution in [1.29, 1.82) is 0 Å². The van der Waals surface area contributed by atoms with Crippen molar-refractivity contribution in [2.45, 2.75) is 64.0 Å². The van der Waals surface area contributed by atoms with Gasteiger partial charge in [-0.15, -0.1) is 11.3 Å². The lowest BCUT2D eigenvalue weighted by molar-refractivity contribution is 0.449. The number of nitrogens with two attached hydrogens (primary N) is 1. The lowest BCUT2D eigenvalue weighted by atomic mass is 10.0. The number of nitrogens with zero attached hydrogens (tertiary/aromatic N) is 2. The van der Waals surface area contributed by atoms with Crippen molar-refractivity contribution in [3.63, 3.8) is 0 Å². The summed E-state index contributed by atoms with van der Waals surface area (Å²) >= 11 is 1.84. The normalized spacial score (nSPS) is 24.6. The van der Waals surface area contributed by atoms with Crippen LogP contribution in [0, 0.1) is 0 Å². The lowest BCUT2D eigenvalue weighted by Gasteiger charge is -2.35. The highest BCUT2D eigenvalue weighted by Crippen LogP contribution is 2.44. The summed E-state index contributed by atoms with van der Waals surface area (Å²) in [5.74, 6) is 0.721. The van der Waals surface area contributed by atoms with Crippen LogP contribution in [0.3, 0.4) is 0 Å². The van der Waals surface area contributed by atoms with Gasteiger partial charge in [0.15, 0.2) is 5.13 Å². The molecule has 1 aliphatic carbocycles. The summed E-state index contributed by atoms with van der Waals surface area (Å²) in [5, 5.41) is 1.24. The SMILES string of the molecule is CCC1CCCCN1c1nc(C2CC2)c(CN)s1. The molecule has 100 valence electrons. The zero-order valence-corrected chi connectivity index (χ0v) is 12.0. The van der Waals surface area contributed by atoms with Gasteiger partial charge in [0.05, 0.1) is 5.69 Å². The van der Waals surface area contributed by atoms with Gasteiger partial charge in [0.2, 0.25) is 0 Å². The van der Waals surface area contributed by atoms with Crippen molar-refractivity contribution < 1.29 is 0 Å². The van der Waals surface area contributed by atoms with Crippen molar-refractivity contribution in [1.82, 2.24) is 4.98 Å². The van der Waals surface area contributed by atoms with E-state index in [1.54, 1.807) is 0 Å². The molecule has 0 spiro atoms. The second-order valence-corrected chi connectivity index (χ2v) is 6.60. The zero-order chi connectivity index (χ0) is 12.5. The Balaban J connectivity index is 1.85. The summed E-state index contributed by atoms with van der Waals surface area (Å²) in [7, 11) is 0. The van der Waals surface area contributed by atoms with Gasteiger partial charge >= 0.3 is 0 Å². The van der Waals surface area contributed by atoms with Crippen LogP contribution in [0.25, 0.3) is 0 Å². The fourth-order valence-corrected chi connectivity index (χ4v) is 4.09. The molecule has 2 heterocycles. The molecule has 0 radical (unpaired) electrons. The molecule has 18 heavy (non-hydrogen) atoms. The molecule has 3 rings (SSSR count). The van der Waals surface area contributed by atoms with Crippen LogP contribution < -0.4 is 10.6 Å². The van der Waals surface area contributed by atoms with Gasteiger partial charge in [-0.05, 0) is 38.5 Å². The first kappa shape index (κ1) is 12.4. The first-order valence-electron chi connectivity index (χ1n) is 7.29. The van der Waals surface area contributed by atoms with Crippen molar-refractivity contribution >= 4 is 16.5 Å². The molecule has 1 saturated heterocycles. The summed E-state index contributed by atoms with van der Waals surface area (Å²) < 4.78 is 0. The van der Waals surface area contributed by atoms with Crippen LogP contribution in [-0.4, -0.2) is 17.6 Å². The van der Waals surface area contributed by atoms with E-state index < -0.39 is 0 Å². The van der Waals surface area contributed by atoms with Crippen LogP contribution in [0.4, 0.5) is 5.13 Å². The second kappa shape index (κ2) is 5.17. The number of piperidine rings is 1. The first-order valence-corrected chi connectivity index (χ1v) is 8.11. The molecule has 1 aliphatic heterocycles. The van der Waals surface area contributed by atoms with E-state index in [9.17, 15) is 0 Å². The molecule has 0 aromatic carbocycles. The van der Waals surface area contributed by atoms with E-state index in [-0.39, 0.29) is 0 Å². The van der Waals surface area contributed by atoms with Gasteiger partial charge in [-0.25, -0.2) is 4.98 Å². The number of thiazole rings is 1. The molecule has 4 heteroatoms. The predicted molar refractivity (Wildman–Crippen MR) is 77.3 cm³/mol. The maximum absolute atomic E-state index is 5.88. The topological polar surface area (TPSA) is 42.2 Å². The highest BCUT2D eigenvalue weighted by atomic mass is 32.1. The Hall–Kier alpha value is -0.610. The third-order valence-electron chi connectivity index (χ3n) is 4.21.